The highest BCUT2D eigenvalue weighted by Crippen LogP contribution is 2.22. The molecule has 0 fully saturated rings. The smallest absolute Gasteiger partial charge is 0.224 e. The maximum atomic E-state index is 13.6. The SMILES string of the molecule is O=C(CCC(=O)c1ccc(F)cc1)Nc1cccc(Cl)c1F. The van der Waals surface area contributed by atoms with Crippen LogP contribution >= 0.6 is 11.6 Å². The van der Waals surface area contributed by atoms with Gasteiger partial charge < -0.3 is 5.32 Å². The largest absolute Gasteiger partial charge is 0.324 e. The van der Waals surface area contributed by atoms with E-state index in [1.165, 1.54) is 42.5 Å². The van der Waals surface area contributed by atoms with Crippen LogP contribution in [-0.2, 0) is 4.79 Å². The van der Waals surface area contributed by atoms with Crippen LogP contribution in [0.25, 0.3) is 0 Å². The van der Waals surface area contributed by atoms with Crippen molar-refractivity contribution in [2.24, 2.45) is 0 Å². The molecule has 0 unspecified atom stereocenters. The van der Waals surface area contributed by atoms with E-state index in [0.29, 0.717) is 5.56 Å². The lowest BCUT2D eigenvalue weighted by molar-refractivity contribution is -0.116. The monoisotopic (exact) mass is 323 g/mol. The summed E-state index contributed by atoms with van der Waals surface area (Å²) in [7, 11) is 0. The predicted octanol–water partition coefficient (Wildman–Crippen LogP) is 4.22. The summed E-state index contributed by atoms with van der Waals surface area (Å²) in [4.78, 5) is 23.6. The third-order valence-corrected chi connectivity index (χ3v) is 3.26. The van der Waals surface area contributed by atoms with Crippen molar-refractivity contribution in [1.29, 1.82) is 0 Å². The fourth-order valence-corrected chi connectivity index (χ4v) is 1.99. The normalized spacial score (nSPS) is 10.3. The number of carbonyl (C=O) groups is 2. The predicted molar refractivity (Wildman–Crippen MR) is 80.0 cm³/mol. The number of benzene rings is 2. The van der Waals surface area contributed by atoms with E-state index in [4.69, 9.17) is 11.6 Å². The highest BCUT2D eigenvalue weighted by Gasteiger charge is 2.12. The average molecular weight is 324 g/mol. The molecule has 0 saturated heterocycles. The topological polar surface area (TPSA) is 46.2 Å². The lowest BCUT2D eigenvalue weighted by atomic mass is 10.1. The first-order valence-electron chi connectivity index (χ1n) is 6.50. The highest BCUT2D eigenvalue weighted by molar-refractivity contribution is 6.31. The number of halogens is 3. The number of nitrogens with one attached hydrogen (secondary N) is 1. The van der Waals surface area contributed by atoms with Crippen LogP contribution in [0.3, 0.4) is 0 Å². The van der Waals surface area contributed by atoms with E-state index in [2.05, 4.69) is 5.32 Å². The van der Waals surface area contributed by atoms with Crippen molar-refractivity contribution < 1.29 is 18.4 Å². The Kier molecular flexibility index (Phi) is 5.22. The summed E-state index contributed by atoms with van der Waals surface area (Å²) < 4.78 is 26.4. The molecule has 0 atom stereocenters. The fraction of sp³-hybridized carbons (Fsp3) is 0.125. The zero-order valence-electron chi connectivity index (χ0n) is 11.4. The Morgan fingerprint density at radius 2 is 1.68 bits per heavy atom. The van der Waals surface area contributed by atoms with Crippen LogP contribution in [0.5, 0.6) is 0 Å². The van der Waals surface area contributed by atoms with Gasteiger partial charge in [0, 0.05) is 18.4 Å². The van der Waals surface area contributed by atoms with Gasteiger partial charge in [0.05, 0.1) is 10.7 Å². The van der Waals surface area contributed by atoms with E-state index >= 15 is 0 Å². The van der Waals surface area contributed by atoms with E-state index in [-0.39, 0.29) is 29.3 Å². The number of anilines is 1. The van der Waals surface area contributed by atoms with Crippen LogP contribution in [0.15, 0.2) is 42.5 Å². The van der Waals surface area contributed by atoms with Gasteiger partial charge in [-0.05, 0) is 36.4 Å². The molecule has 0 aliphatic rings. The molecule has 0 bridgehead atoms. The van der Waals surface area contributed by atoms with Gasteiger partial charge in [-0.3, -0.25) is 9.59 Å². The minimum atomic E-state index is -0.720. The Balaban J connectivity index is 1.91. The van der Waals surface area contributed by atoms with Crippen LogP contribution in [0.1, 0.15) is 23.2 Å². The third kappa shape index (κ3) is 4.11. The molecule has 1 amide bonds. The molecule has 2 rings (SSSR count). The van der Waals surface area contributed by atoms with Gasteiger partial charge in [-0.25, -0.2) is 8.78 Å². The number of hydrogen-bond donors (Lipinski definition) is 1. The Hall–Kier alpha value is -2.27. The Morgan fingerprint density at radius 1 is 1.00 bits per heavy atom. The van der Waals surface area contributed by atoms with Gasteiger partial charge in [0.25, 0.3) is 0 Å². The van der Waals surface area contributed by atoms with Crippen molar-refractivity contribution in [2.45, 2.75) is 12.8 Å². The molecule has 2 aromatic carbocycles. The molecule has 0 aromatic heterocycles. The van der Waals surface area contributed by atoms with Crippen molar-refractivity contribution in [2.75, 3.05) is 5.32 Å². The second kappa shape index (κ2) is 7.13. The van der Waals surface area contributed by atoms with E-state index in [9.17, 15) is 18.4 Å². The van der Waals surface area contributed by atoms with Gasteiger partial charge in [-0.1, -0.05) is 17.7 Å². The van der Waals surface area contributed by atoms with E-state index < -0.39 is 17.5 Å². The van der Waals surface area contributed by atoms with Crippen molar-refractivity contribution >= 4 is 29.0 Å². The minimum absolute atomic E-state index is 0.0354. The summed E-state index contributed by atoms with van der Waals surface area (Å²) in [5.41, 5.74) is 0.287. The third-order valence-electron chi connectivity index (χ3n) is 2.97. The molecular weight excluding hydrogens is 312 g/mol. The molecule has 0 aliphatic heterocycles. The average Bonchev–Trinajstić information content (AvgIpc) is 2.50. The number of carbonyl (C=O) groups excluding carboxylic acids is 2. The van der Waals surface area contributed by atoms with Gasteiger partial charge in [-0.15, -0.1) is 0 Å². The number of hydrogen-bond acceptors (Lipinski definition) is 2. The summed E-state index contributed by atoms with van der Waals surface area (Å²) in [5.74, 6) is -1.95. The molecule has 0 heterocycles. The standard InChI is InChI=1S/C16H12ClF2NO2/c17-12-2-1-3-13(16(12)19)20-15(22)9-8-14(21)10-4-6-11(18)7-5-10/h1-7H,8-9H2,(H,20,22). The summed E-state index contributed by atoms with van der Waals surface area (Å²) in [6, 6.07) is 9.30. The zero-order chi connectivity index (χ0) is 16.1. The molecule has 0 aliphatic carbocycles. The van der Waals surface area contributed by atoms with Crippen molar-refractivity contribution in [3.63, 3.8) is 0 Å². The first kappa shape index (κ1) is 16.1. The summed E-state index contributed by atoms with van der Waals surface area (Å²) in [5, 5.41) is 2.26. The first-order valence-corrected chi connectivity index (χ1v) is 6.88. The maximum Gasteiger partial charge on any atom is 0.224 e. The van der Waals surface area contributed by atoms with Crippen molar-refractivity contribution in [1.82, 2.24) is 0 Å². The number of rotatable bonds is 5. The zero-order valence-corrected chi connectivity index (χ0v) is 12.2. The molecule has 3 nitrogen and oxygen atoms in total. The van der Waals surface area contributed by atoms with Crippen LogP contribution in [0, 0.1) is 11.6 Å². The van der Waals surface area contributed by atoms with Crippen molar-refractivity contribution in [3.05, 3.63) is 64.7 Å². The summed E-state index contributed by atoms with van der Waals surface area (Å²) in [6.45, 7) is 0. The van der Waals surface area contributed by atoms with E-state index in [1.807, 2.05) is 0 Å². The molecule has 2 aromatic rings. The summed E-state index contributed by atoms with van der Waals surface area (Å²) in [6.07, 6.45) is -0.165. The van der Waals surface area contributed by atoms with Gasteiger partial charge in [0.2, 0.25) is 5.91 Å². The second-order valence-corrected chi connectivity index (χ2v) is 4.99. The van der Waals surface area contributed by atoms with Crippen LogP contribution < -0.4 is 5.32 Å². The Bertz CT molecular complexity index is 702. The Labute approximate surface area is 130 Å². The fourth-order valence-electron chi connectivity index (χ4n) is 1.82. The quantitative estimate of drug-likeness (QED) is 0.837. The van der Waals surface area contributed by atoms with E-state index in [1.54, 1.807) is 0 Å². The summed E-state index contributed by atoms with van der Waals surface area (Å²) >= 11 is 5.61. The molecule has 0 radical (unpaired) electrons. The molecule has 0 saturated carbocycles. The Morgan fingerprint density at radius 3 is 2.36 bits per heavy atom. The van der Waals surface area contributed by atoms with Gasteiger partial charge in [0.1, 0.15) is 5.82 Å². The molecule has 114 valence electrons. The number of Topliss-reactive ketones (excluding diaryl/α,β-unsaturated/α-hetero) is 1. The molecule has 6 heteroatoms. The van der Waals surface area contributed by atoms with Gasteiger partial charge in [0.15, 0.2) is 11.6 Å². The molecule has 1 N–H and O–H groups in total. The van der Waals surface area contributed by atoms with Crippen molar-refractivity contribution in [3.8, 4) is 0 Å². The highest BCUT2D eigenvalue weighted by atomic mass is 35.5. The van der Waals surface area contributed by atoms with Crippen LogP contribution in [0.2, 0.25) is 5.02 Å². The first-order chi connectivity index (χ1) is 10.5. The maximum absolute atomic E-state index is 13.6. The minimum Gasteiger partial charge on any atom is -0.324 e. The number of ketones is 1. The van der Waals surface area contributed by atoms with Gasteiger partial charge >= 0.3 is 0 Å². The second-order valence-electron chi connectivity index (χ2n) is 4.58. The molecular formula is C16H12ClF2NO2. The molecule has 0 spiro atoms. The van der Waals surface area contributed by atoms with E-state index in [0.717, 1.165) is 0 Å². The van der Waals surface area contributed by atoms with Crippen LogP contribution in [-0.4, -0.2) is 11.7 Å². The lowest BCUT2D eigenvalue weighted by Crippen LogP contribution is -2.14. The van der Waals surface area contributed by atoms with Crippen LogP contribution in [0.4, 0.5) is 14.5 Å². The lowest BCUT2D eigenvalue weighted by Gasteiger charge is -2.07. The molecule has 22 heavy (non-hydrogen) atoms. The van der Waals surface area contributed by atoms with Gasteiger partial charge in [-0.2, -0.15) is 0 Å². The number of amides is 1.